The number of rotatable bonds is 11. The highest BCUT2D eigenvalue weighted by atomic mass is 16.8. The van der Waals surface area contributed by atoms with E-state index in [9.17, 15) is 19.5 Å². The van der Waals surface area contributed by atoms with Gasteiger partial charge in [0, 0.05) is 7.11 Å². The highest BCUT2D eigenvalue weighted by Crippen LogP contribution is 2.30. The van der Waals surface area contributed by atoms with Gasteiger partial charge in [0.25, 0.3) is 0 Å². The molecule has 3 aromatic rings. The number of methoxy groups -OCH3 is 1. The van der Waals surface area contributed by atoms with Gasteiger partial charge in [0.1, 0.15) is 25.9 Å². The Hall–Kier alpha value is -4.65. The van der Waals surface area contributed by atoms with Crippen molar-refractivity contribution in [1.82, 2.24) is 0 Å². The van der Waals surface area contributed by atoms with Crippen molar-refractivity contribution in [1.29, 1.82) is 0 Å². The average molecular weight is 597 g/mol. The molecule has 5 atom stereocenters. The molecule has 0 saturated carbocycles. The van der Waals surface area contributed by atoms with Gasteiger partial charge in [-0.05, 0) is 16.7 Å². The van der Waals surface area contributed by atoms with Crippen molar-refractivity contribution in [2.45, 2.75) is 50.5 Å². The van der Waals surface area contributed by atoms with Gasteiger partial charge < -0.3 is 43.0 Å². The number of hydrogen-bond donors (Lipinski definition) is 1. The van der Waals surface area contributed by atoms with Gasteiger partial charge >= 0.3 is 18.5 Å². The van der Waals surface area contributed by atoms with Crippen LogP contribution in [0.3, 0.4) is 0 Å². The summed E-state index contributed by atoms with van der Waals surface area (Å²) >= 11 is 0. The SMILES string of the molecule is CO[C@H]1O[C@H](CO)[C@@H](OC(=O)OCc2ccccc2)[C@H](OC(=O)OCc2ccccc2)[C@H]1OC(=O)OCc1ccccc1. The first-order chi connectivity index (χ1) is 21.0. The molecule has 1 aliphatic rings. The fourth-order valence-corrected chi connectivity index (χ4v) is 4.20. The molecule has 1 N–H and O–H groups in total. The molecule has 4 rings (SSSR count). The Morgan fingerprint density at radius 3 is 1.35 bits per heavy atom. The molecule has 1 aliphatic heterocycles. The smallest absolute Gasteiger partial charge is 0.429 e. The van der Waals surface area contributed by atoms with Crippen LogP contribution < -0.4 is 0 Å². The summed E-state index contributed by atoms with van der Waals surface area (Å²) < 4.78 is 43.2. The lowest BCUT2D eigenvalue weighted by Gasteiger charge is -2.42. The van der Waals surface area contributed by atoms with Crippen molar-refractivity contribution >= 4 is 18.5 Å². The van der Waals surface area contributed by atoms with Crippen molar-refractivity contribution in [2.75, 3.05) is 13.7 Å². The van der Waals surface area contributed by atoms with Crippen LogP contribution in [0, 0.1) is 0 Å². The maximum atomic E-state index is 12.8. The topological polar surface area (TPSA) is 145 Å². The van der Waals surface area contributed by atoms with Crippen LogP contribution in [-0.2, 0) is 57.7 Å². The van der Waals surface area contributed by atoms with Crippen LogP contribution in [0.15, 0.2) is 91.0 Å². The van der Waals surface area contributed by atoms with Crippen LogP contribution >= 0.6 is 0 Å². The van der Waals surface area contributed by atoms with E-state index in [0.29, 0.717) is 16.7 Å². The summed E-state index contributed by atoms with van der Waals surface area (Å²) in [5.74, 6) is 0. The van der Waals surface area contributed by atoms with Crippen molar-refractivity contribution in [3.8, 4) is 0 Å². The van der Waals surface area contributed by atoms with Gasteiger partial charge in [-0.3, -0.25) is 0 Å². The molecule has 1 saturated heterocycles. The molecule has 228 valence electrons. The second-order valence-electron chi connectivity index (χ2n) is 9.28. The fourth-order valence-electron chi connectivity index (χ4n) is 4.20. The predicted octanol–water partition coefficient (Wildman–Crippen LogP) is 4.52. The van der Waals surface area contributed by atoms with Crippen LogP contribution in [0.1, 0.15) is 16.7 Å². The number of carbonyl (C=O) groups is 3. The maximum Gasteiger partial charge on any atom is 0.509 e. The third-order valence-corrected chi connectivity index (χ3v) is 6.30. The van der Waals surface area contributed by atoms with E-state index >= 15 is 0 Å². The van der Waals surface area contributed by atoms with Crippen LogP contribution in [0.5, 0.6) is 0 Å². The summed E-state index contributed by atoms with van der Waals surface area (Å²) in [4.78, 5) is 38.3. The molecule has 0 unspecified atom stereocenters. The fraction of sp³-hybridized carbons (Fsp3) is 0.323. The first-order valence-electron chi connectivity index (χ1n) is 13.4. The highest BCUT2D eigenvalue weighted by Gasteiger charge is 2.53. The molecular weight excluding hydrogens is 564 g/mol. The van der Waals surface area contributed by atoms with Crippen LogP contribution in [0.4, 0.5) is 14.4 Å². The van der Waals surface area contributed by atoms with E-state index in [1.54, 1.807) is 78.9 Å². The van der Waals surface area contributed by atoms with Gasteiger partial charge in [0.2, 0.25) is 0 Å². The molecule has 12 heteroatoms. The molecule has 1 fully saturated rings. The summed E-state index contributed by atoms with van der Waals surface area (Å²) in [6.07, 6.45) is -10.6. The van der Waals surface area contributed by atoms with E-state index in [2.05, 4.69) is 0 Å². The van der Waals surface area contributed by atoms with Crippen molar-refractivity contribution in [3.63, 3.8) is 0 Å². The summed E-state index contributed by atoms with van der Waals surface area (Å²) in [7, 11) is 1.25. The standard InChI is InChI=1S/C31H32O12/c1-36-28-27(43-31(35)39-20-23-15-9-4-10-16-23)26(42-30(34)38-19-22-13-7-3-8-14-22)25(24(17-32)40-28)41-29(33)37-18-21-11-5-2-6-12-21/h2-16,24-28,32H,17-20H2,1H3/t24-,25-,26+,27-,28+/m1/s1. The number of ether oxygens (including phenoxy) is 8. The third-order valence-electron chi connectivity index (χ3n) is 6.30. The summed E-state index contributed by atoms with van der Waals surface area (Å²) in [5.41, 5.74) is 2.07. The lowest BCUT2D eigenvalue weighted by Crippen LogP contribution is -2.62. The molecule has 0 bridgehead atoms. The largest absolute Gasteiger partial charge is 0.509 e. The van der Waals surface area contributed by atoms with E-state index in [-0.39, 0.29) is 19.8 Å². The summed E-state index contributed by atoms with van der Waals surface area (Å²) in [6.45, 7) is -1.04. The normalized spacial score (nSPS) is 21.2. The number of benzene rings is 3. The minimum absolute atomic E-state index is 0.111. The van der Waals surface area contributed by atoms with Gasteiger partial charge in [-0.15, -0.1) is 0 Å². The Labute approximate surface area is 247 Å². The van der Waals surface area contributed by atoms with Gasteiger partial charge in [-0.2, -0.15) is 0 Å². The highest BCUT2D eigenvalue weighted by molar-refractivity contribution is 5.63. The Morgan fingerprint density at radius 1 is 0.605 bits per heavy atom. The van der Waals surface area contributed by atoms with Crippen LogP contribution in [0.25, 0.3) is 0 Å². The minimum Gasteiger partial charge on any atom is -0.429 e. The number of aliphatic hydroxyl groups excluding tert-OH is 1. The summed E-state index contributed by atoms with van der Waals surface area (Å²) in [5, 5.41) is 10.1. The Morgan fingerprint density at radius 2 is 0.977 bits per heavy atom. The van der Waals surface area contributed by atoms with Crippen molar-refractivity contribution in [2.24, 2.45) is 0 Å². The van der Waals surface area contributed by atoms with Crippen LogP contribution in [-0.4, -0.2) is 68.0 Å². The second kappa shape index (κ2) is 16.1. The minimum atomic E-state index is -1.56. The van der Waals surface area contributed by atoms with Gasteiger partial charge in [0.15, 0.2) is 24.6 Å². The van der Waals surface area contributed by atoms with Gasteiger partial charge in [-0.1, -0.05) is 91.0 Å². The number of aliphatic hydroxyl groups is 1. The van der Waals surface area contributed by atoms with Crippen LogP contribution in [0.2, 0.25) is 0 Å². The molecule has 1 heterocycles. The molecule has 0 aromatic heterocycles. The van der Waals surface area contributed by atoms with Gasteiger partial charge in [-0.25, -0.2) is 14.4 Å². The zero-order chi connectivity index (χ0) is 30.4. The first-order valence-corrected chi connectivity index (χ1v) is 13.4. The number of hydrogen-bond acceptors (Lipinski definition) is 12. The summed E-state index contributed by atoms with van der Waals surface area (Å²) in [6, 6.07) is 26.5. The predicted molar refractivity (Wildman–Crippen MR) is 147 cm³/mol. The molecule has 0 radical (unpaired) electrons. The Kier molecular flexibility index (Phi) is 11.7. The molecular formula is C31H32O12. The number of carbonyl (C=O) groups excluding carboxylic acids is 3. The van der Waals surface area contributed by atoms with E-state index in [1.165, 1.54) is 7.11 Å². The second-order valence-corrected chi connectivity index (χ2v) is 9.28. The molecule has 0 spiro atoms. The van der Waals surface area contributed by atoms with E-state index in [4.69, 9.17) is 37.9 Å². The van der Waals surface area contributed by atoms with E-state index < -0.39 is 55.8 Å². The molecule has 0 amide bonds. The zero-order valence-electron chi connectivity index (χ0n) is 23.3. The maximum absolute atomic E-state index is 12.8. The quantitative estimate of drug-likeness (QED) is 0.245. The van der Waals surface area contributed by atoms with Crippen molar-refractivity contribution in [3.05, 3.63) is 108 Å². The molecule has 12 nitrogen and oxygen atoms in total. The monoisotopic (exact) mass is 596 g/mol. The Balaban J connectivity index is 1.51. The molecule has 3 aromatic carbocycles. The van der Waals surface area contributed by atoms with Gasteiger partial charge in [0.05, 0.1) is 6.61 Å². The molecule has 43 heavy (non-hydrogen) atoms. The van der Waals surface area contributed by atoms with Crippen molar-refractivity contribution < 1.29 is 57.4 Å². The molecule has 0 aliphatic carbocycles. The third kappa shape index (κ3) is 9.43. The lowest BCUT2D eigenvalue weighted by atomic mass is 9.98. The average Bonchev–Trinajstić information content (AvgIpc) is 3.04. The van der Waals surface area contributed by atoms with E-state index in [1.807, 2.05) is 12.1 Å². The first kappa shape index (κ1) is 31.3. The Bertz CT molecular complexity index is 1220. The lowest BCUT2D eigenvalue weighted by molar-refractivity contribution is -0.297. The zero-order valence-corrected chi connectivity index (χ0v) is 23.3. The van der Waals surface area contributed by atoms with E-state index in [0.717, 1.165) is 0 Å².